The molecule has 1 amide bonds. The molecular formula is C17H19NO. The predicted octanol–water partition coefficient (Wildman–Crippen LogP) is 4.14. The normalized spacial score (nSPS) is 10.5. The van der Waals surface area contributed by atoms with Gasteiger partial charge in [-0.2, -0.15) is 0 Å². The van der Waals surface area contributed by atoms with Gasteiger partial charge in [-0.3, -0.25) is 4.79 Å². The first-order valence-corrected chi connectivity index (χ1v) is 6.60. The Hall–Kier alpha value is -2.09. The molecule has 1 N–H and O–H groups in total. The Bertz CT molecular complexity index is 529. The molecule has 2 aromatic carbocycles. The monoisotopic (exact) mass is 253 g/mol. The number of hydrogen-bond acceptors (Lipinski definition) is 1. The number of amides is 1. The summed E-state index contributed by atoms with van der Waals surface area (Å²) < 4.78 is 0. The average molecular weight is 253 g/mol. The van der Waals surface area contributed by atoms with Crippen molar-refractivity contribution in [3.05, 3.63) is 65.7 Å². The molecule has 0 unspecified atom stereocenters. The van der Waals surface area contributed by atoms with Crippen molar-refractivity contribution in [2.75, 3.05) is 5.32 Å². The van der Waals surface area contributed by atoms with Crippen LogP contribution in [-0.4, -0.2) is 5.91 Å². The van der Waals surface area contributed by atoms with Gasteiger partial charge in [0.15, 0.2) is 0 Å². The molecule has 2 aromatic rings. The lowest BCUT2D eigenvalue weighted by Crippen LogP contribution is -2.11. The van der Waals surface area contributed by atoms with Crippen LogP contribution in [0.2, 0.25) is 0 Å². The summed E-state index contributed by atoms with van der Waals surface area (Å²) >= 11 is 0. The van der Waals surface area contributed by atoms with Crippen molar-refractivity contribution in [1.29, 1.82) is 0 Å². The zero-order valence-electron chi connectivity index (χ0n) is 11.4. The van der Waals surface area contributed by atoms with E-state index < -0.39 is 0 Å². The number of benzene rings is 2. The fourth-order valence-electron chi connectivity index (χ4n) is 1.99. The van der Waals surface area contributed by atoms with Crippen LogP contribution in [0.3, 0.4) is 0 Å². The van der Waals surface area contributed by atoms with E-state index in [-0.39, 0.29) is 5.91 Å². The summed E-state index contributed by atoms with van der Waals surface area (Å²) in [4.78, 5) is 12.0. The van der Waals surface area contributed by atoms with Gasteiger partial charge in [0.2, 0.25) is 0 Å². The second kappa shape index (κ2) is 6.19. The molecule has 2 rings (SSSR count). The lowest BCUT2D eigenvalue weighted by atomic mass is 10.0. The third-order valence-electron chi connectivity index (χ3n) is 2.89. The molecule has 0 saturated carbocycles. The molecule has 0 heterocycles. The van der Waals surface area contributed by atoms with Crippen LogP contribution in [-0.2, 0) is 6.42 Å². The van der Waals surface area contributed by atoms with E-state index in [1.54, 1.807) is 0 Å². The summed E-state index contributed by atoms with van der Waals surface area (Å²) in [6.45, 7) is 4.40. The van der Waals surface area contributed by atoms with E-state index in [1.165, 1.54) is 5.56 Å². The number of rotatable bonds is 4. The van der Waals surface area contributed by atoms with Crippen LogP contribution in [0.25, 0.3) is 0 Å². The Morgan fingerprint density at radius 3 is 2.21 bits per heavy atom. The second-order valence-corrected chi connectivity index (χ2v) is 5.12. The first-order valence-electron chi connectivity index (χ1n) is 6.60. The number of carbonyl (C=O) groups excluding carboxylic acids is 1. The van der Waals surface area contributed by atoms with Gasteiger partial charge >= 0.3 is 0 Å². The average Bonchev–Trinajstić information content (AvgIpc) is 2.41. The minimum Gasteiger partial charge on any atom is -0.322 e. The lowest BCUT2D eigenvalue weighted by Gasteiger charge is -2.08. The highest BCUT2D eigenvalue weighted by atomic mass is 16.1. The van der Waals surface area contributed by atoms with Crippen molar-refractivity contribution in [3.63, 3.8) is 0 Å². The highest BCUT2D eigenvalue weighted by Crippen LogP contribution is 2.14. The van der Waals surface area contributed by atoms with Gasteiger partial charge in [-0.05, 0) is 42.2 Å². The topological polar surface area (TPSA) is 29.1 Å². The van der Waals surface area contributed by atoms with Crippen molar-refractivity contribution in [1.82, 2.24) is 0 Å². The van der Waals surface area contributed by atoms with Crippen LogP contribution in [0.15, 0.2) is 54.6 Å². The molecule has 0 radical (unpaired) electrons. The van der Waals surface area contributed by atoms with Gasteiger partial charge in [0.1, 0.15) is 0 Å². The van der Waals surface area contributed by atoms with Crippen LogP contribution in [0.1, 0.15) is 29.8 Å². The van der Waals surface area contributed by atoms with Crippen molar-refractivity contribution in [2.45, 2.75) is 20.3 Å². The van der Waals surface area contributed by atoms with E-state index in [0.717, 1.165) is 12.1 Å². The second-order valence-electron chi connectivity index (χ2n) is 5.12. The van der Waals surface area contributed by atoms with E-state index in [2.05, 4.69) is 31.3 Å². The molecular weight excluding hydrogens is 234 g/mol. The molecule has 0 aromatic heterocycles. The highest BCUT2D eigenvalue weighted by molar-refractivity contribution is 6.04. The Morgan fingerprint density at radius 2 is 1.63 bits per heavy atom. The summed E-state index contributed by atoms with van der Waals surface area (Å²) in [5, 5.41) is 2.90. The van der Waals surface area contributed by atoms with Gasteiger partial charge in [0, 0.05) is 11.3 Å². The van der Waals surface area contributed by atoms with Gasteiger partial charge in [-0.15, -0.1) is 0 Å². The molecule has 0 aliphatic rings. The maximum absolute atomic E-state index is 12.0. The molecule has 0 fully saturated rings. The quantitative estimate of drug-likeness (QED) is 0.871. The maximum atomic E-state index is 12.0. The van der Waals surface area contributed by atoms with E-state index in [4.69, 9.17) is 0 Å². The first kappa shape index (κ1) is 13.3. The Balaban J connectivity index is 2.02. The minimum absolute atomic E-state index is 0.0720. The third-order valence-corrected chi connectivity index (χ3v) is 2.89. The maximum Gasteiger partial charge on any atom is 0.255 e. The van der Waals surface area contributed by atoms with E-state index >= 15 is 0 Å². The van der Waals surface area contributed by atoms with Gasteiger partial charge in [0.05, 0.1) is 0 Å². The van der Waals surface area contributed by atoms with E-state index in [0.29, 0.717) is 11.5 Å². The smallest absolute Gasteiger partial charge is 0.255 e. The van der Waals surface area contributed by atoms with Crippen LogP contribution in [0.4, 0.5) is 5.69 Å². The molecule has 0 aliphatic carbocycles. The number of anilines is 1. The van der Waals surface area contributed by atoms with Gasteiger partial charge < -0.3 is 5.32 Å². The minimum atomic E-state index is -0.0720. The highest BCUT2D eigenvalue weighted by Gasteiger charge is 2.05. The third kappa shape index (κ3) is 3.95. The summed E-state index contributed by atoms with van der Waals surface area (Å²) in [6, 6.07) is 17.3. The number of carbonyl (C=O) groups is 1. The summed E-state index contributed by atoms with van der Waals surface area (Å²) in [7, 11) is 0. The Kier molecular flexibility index (Phi) is 4.35. The molecule has 0 atom stereocenters. The zero-order chi connectivity index (χ0) is 13.7. The molecule has 2 nitrogen and oxygen atoms in total. The van der Waals surface area contributed by atoms with Gasteiger partial charge in [-0.25, -0.2) is 0 Å². The van der Waals surface area contributed by atoms with Gasteiger partial charge in [-0.1, -0.05) is 44.2 Å². The van der Waals surface area contributed by atoms with E-state index in [9.17, 15) is 4.79 Å². The molecule has 98 valence electrons. The Morgan fingerprint density at radius 1 is 1.00 bits per heavy atom. The summed E-state index contributed by atoms with van der Waals surface area (Å²) in [6.07, 6.45) is 1.06. The van der Waals surface area contributed by atoms with Crippen LogP contribution in [0.5, 0.6) is 0 Å². The van der Waals surface area contributed by atoms with Crippen molar-refractivity contribution in [3.8, 4) is 0 Å². The zero-order valence-corrected chi connectivity index (χ0v) is 11.4. The van der Waals surface area contributed by atoms with Crippen LogP contribution in [0, 0.1) is 5.92 Å². The fraction of sp³-hybridized carbons (Fsp3) is 0.235. The molecule has 19 heavy (non-hydrogen) atoms. The summed E-state index contributed by atoms with van der Waals surface area (Å²) in [5.41, 5.74) is 2.81. The standard InChI is InChI=1S/C17H19NO/c1-13(2)12-14-8-10-16(11-9-14)18-17(19)15-6-4-3-5-7-15/h3-11,13H,12H2,1-2H3,(H,18,19). The van der Waals surface area contributed by atoms with Crippen LogP contribution >= 0.6 is 0 Å². The molecule has 0 saturated heterocycles. The fourth-order valence-corrected chi connectivity index (χ4v) is 1.99. The molecule has 2 heteroatoms. The molecule has 0 bridgehead atoms. The largest absolute Gasteiger partial charge is 0.322 e. The number of nitrogens with one attached hydrogen (secondary N) is 1. The SMILES string of the molecule is CC(C)Cc1ccc(NC(=O)c2ccccc2)cc1. The molecule has 0 spiro atoms. The predicted molar refractivity (Wildman–Crippen MR) is 79.4 cm³/mol. The van der Waals surface area contributed by atoms with Crippen molar-refractivity contribution in [2.24, 2.45) is 5.92 Å². The van der Waals surface area contributed by atoms with Crippen molar-refractivity contribution < 1.29 is 4.79 Å². The van der Waals surface area contributed by atoms with Crippen molar-refractivity contribution >= 4 is 11.6 Å². The number of hydrogen-bond donors (Lipinski definition) is 1. The summed E-state index contributed by atoms with van der Waals surface area (Å²) in [5.74, 6) is 0.571. The van der Waals surface area contributed by atoms with Crippen LogP contribution < -0.4 is 5.32 Å². The van der Waals surface area contributed by atoms with E-state index in [1.807, 2.05) is 42.5 Å². The van der Waals surface area contributed by atoms with Gasteiger partial charge in [0.25, 0.3) is 5.91 Å². The lowest BCUT2D eigenvalue weighted by molar-refractivity contribution is 0.102. The Labute approximate surface area is 114 Å². The first-order chi connectivity index (χ1) is 9.15. The molecule has 0 aliphatic heterocycles.